The van der Waals surface area contributed by atoms with Gasteiger partial charge in [-0.25, -0.2) is 9.37 Å². The molecular formula is C19H19ClFN3O2S. The fraction of sp³-hybridized carbons (Fsp3) is 0.263. The quantitative estimate of drug-likeness (QED) is 0.611. The second-order valence-corrected chi connectivity index (χ2v) is 7.58. The standard InChI is InChI=1S/C19H19ClFN3O2S/c1-23(2)9-10-24(18(25)12-5-4-6-13(21)11-12)19-22-16-15(26-3)8-7-14(20)17(16)27-19/h4-8,11H,9-10H2,1-3H3. The summed E-state index contributed by atoms with van der Waals surface area (Å²) < 4.78 is 19.7. The Morgan fingerprint density at radius 2 is 2.04 bits per heavy atom. The van der Waals surface area contributed by atoms with E-state index in [1.54, 1.807) is 30.2 Å². The molecule has 0 bridgehead atoms. The van der Waals surface area contributed by atoms with Gasteiger partial charge in [-0.05, 0) is 44.4 Å². The first-order chi connectivity index (χ1) is 12.9. The lowest BCUT2D eigenvalue weighted by Crippen LogP contribution is -2.36. The van der Waals surface area contributed by atoms with E-state index in [4.69, 9.17) is 16.3 Å². The number of carbonyl (C=O) groups is 1. The number of thiazole rings is 1. The molecule has 3 aromatic rings. The molecular weight excluding hydrogens is 389 g/mol. The monoisotopic (exact) mass is 407 g/mol. The van der Waals surface area contributed by atoms with Gasteiger partial charge in [-0.1, -0.05) is 29.0 Å². The maximum atomic E-state index is 13.6. The molecule has 1 amide bonds. The summed E-state index contributed by atoms with van der Waals surface area (Å²) in [5, 5.41) is 1.04. The Morgan fingerprint density at radius 1 is 1.26 bits per heavy atom. The normalized spacial score (nSPS) is 11.2. The van der Waals surface area contributed by atoms with Gasteiger partial charge >= 0.3 is 0 Å². The van der Waals surface area contributed by atoms with Crippen LogP contribution in [0.15, 0.2) is 36.4 Å². The summed E-state index contributed by atoms with van der Waals surface area (Å²) >= 11 is 7.61. The van der Waals surface area contributed by atoms with Gasteiger partial charge in [0.25, 0.3) is 5.91 Å². The third-order valence-electron chi connectivity index (χ3n) is 3.99. The van der Waals surface area contributed by atoms with E-state index in [1.165, 1.54) is 29.5 Å². The fourth-order valence-corrected chi connectivity index (χ4v) is 3.86. The van der Waals surface area contributed by atoms with Crippen LogP contribution in [0.4, 0.5) is 9.52 Å². The number of nitrogens with zero attached hydrogens (tertiary/aromatic N) is 3. The third kappa shape index (κ3) is 4.21. The highest BCUT2D eigenvalue weighted by Gasteiger charge is 2.23. The summed E-state index contributed by atoms with van der Waals surface area (Å²) in [7, 11) is 5.40. The van der Waals surface area contributed by atoms with Gasteiger partial charge < -0.3 is 9.64 Å². The number of rotatable bonds is 6. The molecule has 142 valence electrons. The lowest BCUT2D eigenvalue weighted by Gasteiger charge is -2.22. The maximum absolute atomic E-state index is 13.6. The fourth-order valence-electron chi connectivity index (χ4n) is 2.58. The molecule has 0 fully saturated rings. The predicted octanol–water partition coefficient (Wildman–Crippen LogP) is 4.31. The van der Waals surface area contributed by atoms with Crippen molar-refractivity contribution in [2.75, 3.05) is 39.2 Å². The number of aromatic nitrogens is 1. The van der Waals surface area contributed by atoms with E-state index in [2.05, 4.69) is 4.98 Å². The number of benzene rings is 2. The van der Waals surface area contributed by atoms with Crippen LogP contribution in [0.1, 0.15) is 10.4 Å². The Kier molecular flexibility index (Phi) is 5.94. The molecule has 0 spiro atoms. The molecule has 27 heavy (non-hydrogen) atoms. The van der Waals surface area contributed by atoms with Crippen LogP contribution in [0.25, 0.3) is 10.2 Å². The lowest BCUT2D eigenvalue weighted by molar-refractivity contribution is 0.0984. The number of fused-ring (bicyclic) bond motifs is 1. The zero-order chi connectivity index (χ0) is 19.6. The van der Waals surface area contributed by atoms with Crippen LogP contribution < -0.4 is 9.64 Å². The van der Waals surface area contributed by atoms with Crippen molar-refractivity contribution in [3.63, 3.8) is 0 Å². The average Bonchev–Trinajstić information content (AvgIpc) is 3.08. The topological polar surface area (TPSA) is 45.7 Å². The average molecular weight is 408 g/mol. The summed E-state index contributed by atoms with van der Waals surface area (Å²) in [6, 6.07) is 9.13. The molecule has 0 aliphatic heterocycles. The van der Waals surface area contributed by atoms with E-state index in [0.717, 1.165) is 4.70 Å². The van der Waals surface area contributed by atoms with Crippen molar-refractivity contribution in [1.82, 2.24) is 9.88 Å². The van der Waals surface area contributed by atoms with Crippen molar-refractivity contribution < 1.29 is 13.9 Å². The van der Waals surface area contributed by atoms with E-state index in [0.29, 0.717) is 34.5 Å². The summed E-state index contributed by atoms with van der Waals surface area (Å²) in [5.41, 5.74) is 0.873. The molecule has 8 heteroatoms. The van der Waals surface area contributed by atoms with Crippen LogP contribution in [0, 0.1) is 5.82 Å². The number of likely N-dealkylation sites (N-methyl/N-ethyl adjacent to an activating group) is 1. The van der Waals surface area contributed by atoms with Gasteiger partial charge in [0.15, 0.2) is 5.13 Å². The van der Waals surface area contributed by atoms with Gasteiger partial charge in [-0.3, -0.25) is 9.69 Å². The van der Waals surface area contributed by atoms with Crippen molar-refractivity contribution in [3.8, 4) is 5.75 Å². The second kappa shape index (κ2) is 8.21. The number of methoxy groups -OCH3 is 1. The van der Waals surface area contributed by atoms with Crippen LogP contribution in [0.3, 0.4) is 0 Å². The van der Waals surface area contributed by atoms with Crippen molar-refractivity contribution >= 4 is 44.2 Å². The number of hydrogen-bond donors (Lipinski definition) is 0. The first-order valence-corrected chi connectivity index (χ1v) is 9.45. The van der Waals surface area contributed by atoms with Crippen molar-refractivity contribution in [2.24, 2.45) is 0 Å². The number of anilines is 1. The highest BCUT2D eigenvalue weighted by atomic mass is 35.5. The molecule has 2 aromatic carbocycles. The largest absolute Gasteiger partial charge is 0.494 e. The van der Waals surface area contributed by atoms with Gasteiger partial charge in [0.05, 0.1) is 16.8 Å². The van der Waals surface area contributed by atoms with Crippen molar-refractivity contribution in [2.45, 2.75) is 0 Å². The predicted molar refractivity (Wildman–Crippen MR) is 108 cm³/mol. The molecule has 0 unspecified atom stereocenters. The van der Waals surface area contributed by atoms with Crippen molar-refractivity contribution in [3.05, 3.63) is 52.8 Å². The Bertz CT molecular complexity index is 977. The van der Waals surface area contributed by atoms with E-state index in [9.17, 15) is 9.18 Å². The van der Waals surface area contributed by atoms with Crippen LogP contribution in [-0.4, -0.2) is 50.1 Å². The molecule has 1 aromatic heterocycles. The summed E-state index contributed by atoms with van der Waals surface area (Å²) in [4.78, 5) is 21.2. The first-order valence-electron chi connectivity index (χ1n) is 8.26. The molecule has 0 N–H and O–H groups in total. The lowest BCUT2D eigenvalue weighted by atomic mass is 10.2. The number of hydrogen-bond acceptors (Lipinski definition) is 5. The molecule has 3 rings (SSSR count). The van der Waals surface area contributed by atoms with E-state index < -0.39 is 5.82 Å². The molecule has 0 radical (unpaired) electrons. The Balaban J connectivity index is 2.06. The van der Waals surface area contributed by atoms with Crippen LogP contribution >= 0.6 is 22.9 Å². The molecule has 0 saturated carbocycles. The van der Waals surface area contributed by atoms with E-state index in [1.807, 2.05) is 19.0 Å². The van der Waals surface area contributed by atoms with Gasteiger partial charge in [0.1, 0.15) is 17.1 Å². The van der Waals surface area contributed by atoms with E-state index in [-0.39, 0.29) is 11.5 Å². The Hall–Kier alpha value is -2.22. The second-order valence-electron chi connectivity index (χ2n) is 6.19. The maximum Gasteiger partial charge on any atom is 0.260 e. The van der Waals surface area contributed by atoms with Gasteiger partial charge in [0.2, 0.25) is 0 Å². The smallest absolute Gasteiger partial charge is 0.260 e. The summed E-state index contributed by atoms with van der Waals surface area (Å²) in [6.45, 7) is 1.03. The minimum atomic E-state index is -0.456. The van der Waals surface area contributed by atoms with Gasteiger partial charge in [0, 0.05) is 18.7 Å². The van der Waals surface area contributed by atoms with Gasteiger partial charge in [-0.15, -0.1) is 0 Å². The van der Waals surface area contributed by atoms with Crippen molar-refractivity contribution in [1.29, 1.82) is 0 Å². The number of halogens is 2. The molecule has 5 nitrogen and oxygen atoms in total. The summed E-state index contributed by atoms with van der Waals surface area (Å²) in [5.74, 6) is -0.185. The highest BCUT2D eigenvalue weighted by Crippen LogP contribution is 2.39. The molecule has 0 atom stereocenters. The van der Waals surface area contributed by atoms with Crippen LogP contribution in [0.2, 0.25) is 5.02 Å². The molecule has 0 aliphatic rings. The highest BCUT2D eigenvalue weighted by molar-refractivity contribution is 7.23. The van der Waals surface area contributed by atoms with Crippen LogP contribution in [-0.2, 0) is 0 Å². The SMILES string of the molecule is COc1ccc(Cl)c2sc(N(CCN(C)C)C(=O)c3cccc(F)c3)nc12. The first kappa shape index (κ1) is 19.5. The Morgan fingerprint density at radius 3 is 2.70 bits per heavy atom. The zero-order valence-corrected chi connectivity index (χ0v) is 16.8. The number of ether oxygens (including phenoxy) is 1. The Labute approximate surface area is 165 Å². The minimum Gasteiger partial charge on any atom is -0.494 e. The number of amides is 1. The zero-order valence-electron chi connectivity index (χ0n) is 15.2. The third-order valence-corrected chi connectivity index (χ3v) is 5.52. The van der Waals surface area contributed by atoms with Crippen LogP contribution in [0.5, 0.6) is 5.75 Å². The van der Waals surface area contributed by atoms with E-state index >= 15 is 0 Å². The number of carbonyl (C=O) groups excluding carboxylic acids is 1. The summed E-state index contributed by atoms with van der Waals surface area (Å²) in [6.07, 6.45) is 0. The minimum absolute atomic E-state index is 0.270. The molecule has 0 saturated heterocycles. The van der Waals surface area contributed by atoms with Gasteiger partial charge in [-0.2, -0.15) is 0 Å². The molecule has 1 heterocycles. The molecule has 0 aliphatic carbocycles.